The molecule has 0 aromatic heterocycles. The predicted octanol–water partition coefficient (Wildman–Crippen LogP) is -0.832. The summed E-state index contributed by atoms with van der Waals surface area (Å²) in [5.74, 6) is 0. The lowest BCUT2D eigenvalue weighted by Crippen LogP contribution is -2.48. The summed E-state index contributed by atoms with van der Waals surface area (Å²) in [5, 5.41) is 0. The highest BCUT2D eigenvalue weighted by atomic mass is 32.2. The van der Waals surface area contributed by atoms with E-state index in [0.29, 0.717) is 13.0 Å². The van der Waals surface area contributed by atoms with Crippen LogP contribution in [0.3, 0.4) is 0 Å². The molecule has 0 aliphatic carbocycles. The summed E-state index contributed by atoms with van der Waals surface area (Å²) in [7, 11) is -1.99. The summed E-state index contributed by atoms with van der Waals surface area (Å²) in [6.45, 7) is 4.03. The molecule has 0 radical (unpaired) electrons. The normalized spacial score (nSPS) is 13.3. The zero-order valence-electron chi connectivity index (χ0n) is 7.72. The second-order valence-corrected chi connectivity index (χ2v) is 4.85. The molecule has 0 aromatic carbocycles. The molecule has 0 fully saturated rings. The lowest BCUT2D eigenvalue weighted by atomic mass is 10.0. The molecule has 0 amide bonds. The molecule has 0 saturated carbocycles. The minimum absolute atomic E-state index is 0.458. The second kappa shape index (κ2) is 4.18. The minimum Gasteiger partial charge on any atom is -0.330 e. The van der Waals surface area contributed by atoms with Crippen LogP contribution in [0.15, 0.2) is 0 Å². The first kappa shape index (κ1) is 11.8. The smallest absolute Gasteiger partial charge is 0.277 e. The Hall–Kier alpha value is -0.170. The van der Waals surface area contributed by atoms with Crippen molar-refractivity contribution in [1.29, 1.82) is 0 Å². The zero-order chi connectivity index (χ0) is 9.83. The van der Waals surface area contributed by atoms with Crippen molar-refractivity contribution >= 4 is 10.2 Å². The van der Waals surface area contributed by atoms with Gasteiger partial charge in [0.25, 0.3) is 10.2 Å². The van der Waals surface area contributed by atoms with Gasteiger partial charge in [0, 0.05) is 12.6 Å². The third-order valence-corrected chi connectivity index (χ3v) is 2.81. The van der Waals surface area contributed by atoms with Crippen molar-refractivity contribution in [3.05, 3.63) is 0 Å². The SMILES string of the molecule is CNS(=O)(=O)NC(C)(C)CCN. The van der Waals surface area contributed by atoms with Gasteiger partial charge in [0.05, 0.1) is 0 Å². The average molecular weight is 195 g/mol. The Morgan fingerprint density at radius 1 is 1.42 bits per heavy atom. The van der Waals surface area contributed by atoms with E-state index in [-0.39, 0.29) is 0 Å². The van der Waals surface area contributed by atoms with Crippen LogP contribution < -0.4 is 15.2 Å². The first-order valence-corrected chi connectivity index (χ1v) is 5.24. The van der Waals surface area contributed by atoms with Gasteiger partial charge < -0.3 is 5.73 Å². The fourth-order valence-corrected chi connectivity index (χ4v) is 1.76. The Balaban J connectivity index is 4.24. The number of rotatable bonds is 5. The van der Waals surface area contributed by atoms with Gasteiger partial charge in [-0.1, -0.05) is 0 Å². The molecule has 6 heteroatoms. The predicted molar refractivity (Wildman–Crippen MR) is 48.9 cm³/mol. The Bertz CT molecular complexity index is 223. The van der Waals surface area contributed by atoms with Crippen molar-refractivity contribution in [2.45, 2.75) is 25.8 Å². The van der Waals surface area contributed by atoms with Gasteiger partial charge in [-0.3, -0.25) is 0 Å². The second-order valence-electron chi connectivity index (χ2n) is 3.23. The number of nitrogens with one attached hydrogen (secondary N) is 2. The van der Waals surface area contributed by atoms with Crippen molar-refractivity contribution in [3.63, 3.8) is 0 Å². The highest BCUT2D eigenvalue weighted by Gasteiger charge is 2.22. The van der Waals surface area contributed by atoms with Gasteiger partial charge in [0.1, 0.15) is 0 Å². The maximum absolute atomic E-state index is 11.0. The maximum Gasteiger partial charge on any atom is 0.277 e. The van der Waals surface area contributed by atoms with Crippen molar-refractivity contribution in [2.75, 3.05) is 13.6 Å². The third-order valence-electron chi connectivity index (χ3n) is 1.45. The van der Waals surface area contributed by atoms with E-state index in [1.807, 2.05) is 0 Å². The van der Waals surface area contributed by atoms with Crippen molar-refractivity contribution in [2.24, 2.45) is 5.73 Å². The van der Waals surface area contributed by atoms with Gasteiger partial charge in [-0.25, -0.2) is 4.72 Å². The van der Waals surface area contributed by atoms with Crippen LogP contribution in [0.5, 0.6) is 0 Å². The van der Waals surface area contributed by atoms with Crippen molar-refractivity contribution in [3.8, 4) is 0 Å². The summed E-state index contributed by atoms with van der Waals surface area (Å²) in [6, 6.07) is 0. The first-order chi connectivity index (χ1) is 5.33. The summed E-state index contributed by atoms with van der Waals surface area (Å²) in [6.07, 6.45) is 0.605. The van der Waals surface area contributed by atoms with Crippen LogP contribution in [-0.2, 0) is 10.2 Å². The van der Waals surface area contributed by atoms with Gasteiger partial charge in [-0.15, -0.1) is 0 Å². The molecule has 0 aliphatic rings. The summed E-state index contributed by atoms with van der Waals surface area (Å²) >= 11 is 0. The molecule has 12 heavy (non-hydrogen) atoms. The van der Waals surface area contributed by atoms with Crippen LogP contribution in [0.2, 0.25) is 0 Å². The van der Waals surface area contributed by atoms with Crippen LogP contribution >= 0.6 is 0 Å². The van der Waals surface area contributed by atoms with E-state index in [2.05, 4.69) is 9.44 Å². The number of hydrogen-bond acceptors (Lipinski definition) is 3. The lowest BCUT2D eigenvalue weighted by Gasteiger charge is -2.24. The van der Waals surface area contributed by atoms with E-state index < -0.39 is 15.7 Å². The zero-order valence-corrected chi connectivity index (χ0v) is 8.53. The average Bonchev–Trinajstić information content (AvgIpc) is 1.85. The number of nitrogens with two attached hydrogens (primary N) is 1. The molecule has 0 atom stereocenters. The molecule has 5 nitrogen and oxygen atoms in total. The maximum atomic E-state index is 11.0. The van der Waals surface area contributed by atoms with Crippen molar-refractivity contribution in [1.82, 2.24) is 9.44 Å². The largest absolute Gasteiger partial charge is 0.330 e. The highest BCUT2D eigenvalue weighted by molar-refractivity contribution is 7.87. The molecule has 0 aromatic rings. The molecule has 0 unspecified atom stereocenters. The Kier molecular flexibility index (Phi) is 4.12. The quantitative estimate of drug-likeness (QED) is 0.535. The summed E-state index contributed by atoms with van der Waals surface area (Å²) < 4.78 is 26.7. The van der Waals surface area contributed by atoms with Gasteiger partial charge in [0.2, 0.25) is 0 Å². The molecule has 74 valence electrons. The molecule has 0 aliphatic heterocycles. The van der Waals surface area contributed by atoms with E-state index in [4.69, 9.17) is 5.73 Å². The molecule has 4 N–H and O–H groups in total. The fourth-order valence-electron chi connectivity index (χ4n) is 0.827. The topological polar surface area (TPSA) is 84.2 Å². The monoisotopic (exact) mass is 195 g/mol. The van der Waals surface area contributed by atoms with Crippen LogP contribution in [-0.4, -0.2) is 27.5 Å². The van der Waals surface area contributed by atoms with Crippen LogP contribution in [0, 0.1) is 0 Å². The fraction of sp³-hybridized carbons (Fsp3) is 1.00. The van der Waals surface area contributed by atoms with E-state index in [9.17, 15) is 8.42 Å². The molecule has 0 bridgehead atoms. The minimum atomic E-state index is -3.35. The van der Waals surface area contributed by atoms with Crippen LogP contribution in [0.4, 0.5) is 0 Å². The van der Waals surface area contributed by atoms with Gasteiger partial charge in [-0.05, 0) is 26.8 Å². The standard InChI is InChI=1S/C6H17N3O2S/c1-6(2,4-5-7)9-12(10,11)8-3/h8-9H,4-5,7H2,1-3H3. The van der Waals surface area contributed by atoms with Gasteiger partial charge >= 0.3 is 0 Å². The van der Waals surface area contributed by atoms with Gasteiger partial charge in [-0.2, -0.15) is 13.1 Å². The Morgan fingerprint density at radius 3 is 2.25 bits per heavy atom. The molecule has 0 saturated heterocycles. The number of hydrogen-bond donors (Lipinski definition) is 3. The Morgan fingerprint density at radius 2 is 1.92 bits per heavy atom. The van der Waals surface area contributed by atoms with E-state index >= 15 is 0 Å². The molecular weight excluding hydrogens is 178 g/mol. The lowest BCUT2D eigenvalue weighted by molar-refractivity contribution is 0.425. The highest BCUT2D eigenvalue weighted by Crippen LogP contribution is 2.07. The molecular formula is C6H17N3O2S. The van der Waals surface area contributed by atoms with E-state index in [1.165, 1.54) is 7.05 Å². The van der Waals surface area contributed by atoms with E-state index in [0.717, 1.165) is 0 Å². The van der Waals surface area contributed by atoms with E-state index in [1.54, 1.807) is 13.8 Å². The first-order valence-electron chi connectivity index (χ1n) is 3.75. The molecule has 0 heterocycles. The van der Waals surface area contributed by atoms with Crippen LogP contribution in [0.25, 0.3) is 0 Å². The summed E-state index contributed by atoms with van der Waals surface area (Å²) in [5.41, 5.74) is 4.83. The van der Waals surface area contributed by atoms with Crippen LogP contribution in [0.1, 0.15) is 20.3 Å². The summed E-state index contributed by atoms with van der Waals surface area (Å²) in [4.78, 5) is 0. The third kappa shape index (κ3) is 4.66. The van der Waals surface area contributed by atoms with Gasteiger partial charge in [0.15, 0.2) is 0 Å². The molecule has 0 spiro atoms. The Labute approximate surface area is 73.9 Å². The molecule has 0 rings (SSSR count). The van der Waals surface area contributed by atoms with Crippen molar-refractivity contribution < 1.29 is 8.42 Å².